The molecule has 0 saturated heterocycles. The quantitative estimate of drug-likeness (QED) is 0.688. The molecule has 0 N–H and O–H groups in total. The van der Waals surface area contributed by atoms with Gasteiger partial charge < -0.3 is 17.7 Å². The van der Waals surface area contributed by atoms with E-state index in [9.17, 15) is 12.9 Å². The first-order valence-corrected chi connectivity index (χ1v) is 6.28. The Bertz CT molecular complexity index is 601. The van der Waals surface area contributed by atoms with Crippen LogP contribution in [0.5, 0.6) is 5.75 Å². The fourth-order valence-corrected chi connectivity index (χ4v) is 2.03. The Morgan fingerprint density at radius 3 is 2.48 bits per heavy atom. The van der Waals surface area contributed by atoms with Gasteiger partial charge >= 0.3 is 58.4 Å². The molecule has 0 aliphatic heterocycles. The van der Waals surface area contributed by atoms with Crippen molar-refractivity contribution in [2.24, 2.45) is 7.05 Å². The molecule has 0 amide bonds. The maximum atomic E-state index is 12.7. The Labute approximate surface area is 164 Å². The van der Waals surface area contributed by atoms with Gasteiger partial charge in [0.05, 0.1) is 6.61 Å². The molecular weight excluding hydrogens is 307 g/mol. The van der Waals surface area contributed by atoms with Gasteiger partial charge in [-0.2, -0.15) is 5.10 Å². The summed E-state index contributed by atoms with van der Waals surface area (Å²) in [6, 6.07) is 5.74. The summed E-state index contributed by atoms with van der Waals surface area (Å²) in [6.07, 6.45) is 2.35. The van der Waals surface area contributed by atoms with Crippen LogP contribution < -0.4 is 61.6 Å². The first-order chi connectivity index (χ1) is 9.38. The van der Waals surface area contributed by atoms with Crippen LogP contribution in [0.1, 0.15) is 11.3 Å². The van der Waals surface area contributed by atoms with Gasteiger partial charge in [0.2, 0.25) is 0 Å². The summed E-state index contributed by atoms with van der Waals surface area (Å²) in [4.78, 5) is 0. The molecule has 2 aromatic rings. The van der Waals surface area contributed by atoms with E-state index < -0.39 is 12.4 Å². The third-order valence-corrected chi connectivity index (χ3v) is 3.14. The van der Waals surface area contributed by atoms with E-state index in [0.29, 0.717) is 18.8 Å². The van der Waals surface area contributed by atoms with Crippen LogP contribution in [0.2, 0.25) is 0 Å². The van der Waals surface area contributed by atoms with Crippen molar-refractivity contribution in [3.63, 3.8) is 0 Å². The van der Waals surface area contributed by atoms with Gasteiger partial charge in [0.15, 0.2) is 0 Å². The van der Waals surface area contributed by atoms with Gasteiger partial charge in [-0.1, -0.05) is 11.6 Å². The second-order valence-electron chi connectivity index (χ2n) is 4.64. The van der Waals surface area contributed by atoms with Crippen LogP contribution in [0.25, 0.3) is 0 Å². The maximum absolute atomic E-state index is 12.7. The molecule has 0 fully saturated rings. The van der Waals surface area contributed by atoms with Crippen LogP contribution in [0.15, 0.2) is 30.5 Å². The van der Waals surface area contributed by atoms with Gasteiger partial charge in [-0.15, -0.1) is 5.46 Å². The second-order valence-corrected chi connectivity index (χ2v) is 4.64. The molecule has 0 bridgehead atoms. The minimum atomic E-state index is -4.96. The number of rotatable bonds is 5. The summed E-state index contributed by atoms with van der Waals surface area (Å²) in [5.74, 6) is 0.452. The Hall–Kier alpha value is -0.279. The molecule has 108 valence electrons. The van der Waals surface area contributed by atoms with Gasteiger partial charge in [-0.05, 0) is 25.1 Å². The number of ether oxygens (including phenoxy) is 1. The van der Waals surface area contributed by atoms with Crippen molar-refractivity contribution in [2.75, 3.05) is 6.61 Å². The molecule has 21 heavy (non-hydrogen) atoms. The predicted molar refractivity (Wildman–Crippen MR) is 72.3 cm³/mol. The monoisotopic (exact) mass is 322 g/mol. The molecule has 2 rings (SSSR count). The SMILES string of the molecule is Cc1cc(OCCc2ccnn2C)ccc1[B-](F)(F)F.[K+]. The molecule has 8 heteroatoms. The van der Waals surface area contributed by atoms with E-state index in [-0.39, 0.29) is 56.9 Å². The Morgan fingerprint density at radius 2 is 1.95 bits per heavy atom. The zero-order valence-corrected chi connectivity index (χ0v) is 15.4. The molecule has 0 saturated carbocycles. The second kappa shape index (κ2) is 7.82. The van der Waals surface area contributed by atoms with Gasteiger partial charge in [-0.3, -0.25) is 4.68 Å². The number of halogens is 3. The van der Waals surface area contributed by atoms with Crippen molar-refractivity contribution >= 4 is 12.4 Å². The Morgan fingerprint density at radius 1 is 1.24 bits per heavy atom. The van der Waals surface area contributed by atoms with E-state index in [4.69, 9.17) is 4.74 Å². The van der Waals surface area contributed by atoms with Crippen LogP contribution in [0.3, 0.4) is 0 Å². The molecule has 1 aromatic heterocycles. The molecule has 1 aromatic carbocycles. The molecule has 0 atom stereocenters. The van der Waals surface area contributed by atoms with Crippen LogP contribution >= 0.6 is 0 Å². The van der Waals surface area contributed by atoms with Crippen LogP contribution in [-0.2, 0) is 13.5 Å². The van der Waals surface area contributed by atoms with E-state index >= 15 is 0 Å². The van der Waals surface area contributed by atoms with Crippen molar-refractivity contribution < 1.29 is 69.1 Å². The number of hydrogen-bond donors (Lipinski definition) is 0. The van der Waals surface area contributed by atoms with Gasteiger partial charge in [-0.25, -0.2) is 0 Å². The summed E-state index contributed by atoms with van der Waals surface area (Å²) < 4.78 is 45.2. The van der Waals surface area contributed by atoms with Crippen molar-refractivity contribution in [2.45, 2.75) is 13.3 Å². The van der Waals surface area contributed by atoms with Crippen molar-refractivity contribution in [3.8, 4) is 5.75 Å². The minimum absolute atomic E-state index is 0. The summed E-state index contributed by atoms with van der Waals surface area (Å²) in [5.41, 5.74) is 0.636. The fourth-order valence-electron chi connectivity index (χ4n) is 2.03. The zero-order valence-electron chi connectivity index (χ0n) is 12.3. The first-order valence-electron chi connectivity index (χ1n) is 6.28. The Balaban J connectivity index is 0.00000220. The summed E-state index contributed by atoms with van der Waals surface area (Å²) in [6.45, 7) is -3.12. The molecule has 0 unspecified atom stereocenters. The van der Waals surface area contributed by atoms with Gasteiger partial charge in [0.1, 0.15) is 5.75 Å². The molecule has 0 aliphatic rings. The third-order valence-electron chi connectivity index (χ3n) is 3.14. The van der Waals surface area contributed by atoms with Gasteiger partial charge in [0, 0.05) is 25.4 Å². The van der Waals surface area contributed by atoms with Crippen molar-refractivity contribution in [1.82, 2.24) is 9.78 Å². The minimum Gasteiger partial charge on any atom is -0.493 e. The predicted octanol–water partition coefficient (Wildman–Crippen LogP) is -0.592. The van der Waals surface area contributed by atoms with E-state index in [1.165, 1.54) is 19.1 Å². The van der Waals surface area contributed by atoms with Crippen LogP contribution in [0.4, 0.5) is 12.9 Å². The topological polar surface area (TPSA) is 27.1 Å². The van der Waals surface area contributed by atoms with E-state index in [1.54, 1.807) is 10.9 Å². The van der Waals surface area contributed by atoms with E-state index in [1.807, 2.05) is 13.1 Å². The molecule has 0 radical (unpaired) electrons. The molecule has 3 nitrogen and oxygen atoms in total. The smallest absolute Gasteiger partial charge is 0.493 e. The number of aromatic nitrogens is 2. The standard InChI is InChI=1S/C13H15BF3N2O.K/c1-10-9-12(3-4-13(10)14(15,16)17)20-8-6-11-5-7-18-19(11)2;/h3-5,7,9H,6,8H2,1-2H3;/q-1;+1. The maximum Gasteiger partial charge on any atom is 1.00 e. The summed E-state index contributed by atoms with van der Waals surface area (Å²) >= 11 is 0. The Kier molecular flexibility index (Phi) is 6.99. The number of aryl methyl sites for hydroxylation is 2. The summed E-state index contributed by atoms with van der Waals surface area (Å²) in [7, 11) is 1.83. The molecular formula is C13H15BF3KN2O. The molecule has 1 heterocycles. The van der Waals surface area contributed by atoms with Crippen LogP contribution in [0, 0.1) is 6.92 Å². The van der Waals surface area contributed by atoms with Crippen molar-refractivity contribution in [3.05, 3.63) is 41.7 Å². The first kappa shape index (κ1) is 18.8. The van der Waals surface area contributed by atoms with Crippen molar-refractivity contribution in [1.29, 1.82) is 0 Å². The average Bonchev–Trinajstić information content (AvgIpc) is 2.73. The number of benzene rings is 1. The third kappa shape index (κ3) is 5.14. The normalized spacial score (nSPS) is 11.1. The number of hydrogen-bond acceptors (Lipinski definition) is 2. The fraction of sp³-hybridized carbons (Fsp3) is 0.308. The molecule has 0 aliphatic carbocycles. The van der Waals surface area contributed by atoms with Crippen LogP contribution in [-0.4, -0.2) is 23.4 Å². The van der Waals surface area contributed by atoms with Gasteiger partial charge in [0.25, 0.3) is 0 Å². The van der Waals surface area contributed by atoms with E-state index in [0.717, 1.165) is 11.8 Å². The number of nitrogens with zero attached hydrogens (tertiary/aromatic N) is 2. The largest absolute Gasteiger partial charge is 1.00 e. The average molecular weight is 322 g/mol. The summed E-state index contributed by atoms with van der Waals surface area (Å²) in [5, 5.41) is 4.03. The molecule has 0 spiro atoms. The van der Waals surface area contributed by atoms with E-state index in [2.05, 4.69) is 5.10 Å². The zero-order chi connectivity index (χ0) is 14.8.